The average Bonchev–Trinajstić information content (AvgIpc) is 2.75. The number of amides is 3. The van der Waals surface area contributed by atoms with Crippen LogP contribution in [0.1, 0.15) is 10.4 Å². The molecule has 0 radical (unpaired) electrons. The second-order valence-corrected chi connectivity index (χ2v) is 6.57. The van der Waals surface area contributed by atoms with Crippen molar-refractivity contribution in [2.75, 3.05) is 56.7 Å². The molecule has 0 aromatic heterocycles. The summed E-state index contributed by atoms with van der Waals surface area (Å²) in [4.78, 5) is 28.8. The molecular weight excluding hydrogens is 356 g/mol. The van der Waals surface area contributed by atoms with Crippen LogP contribution in [-0.2, 0) is 4.74 Å². The number of piperazine rings is 1. The van der Waals surface area contributed by atoms with E-state index < -0.39 is 0 Å². The molecule has 1 aliphatic rings. The molecule has 0 unspecified atom stereocenters. The molecule has 0 atom stereocenters. The smallest absolute Gasteiger partial charge is 0.321 e. The van der Waals surface area contributed by atoms with Crippen molar-refractivity contribution >= 4 is 23.3 Å². The van der Waals surface area contributed by atoms with Gasteiger partial charge in [0.2, 0.25) is 0 Å². The Bertz CT molecular complexity index is 789. The van der Waals surface area contributed by atoms with Crippen molar-refractivity contribution in [3.05, 3.63) is 60.2 Å². The normalized spacial score (nSPS) is 13.9. The number of hydrogen-bond donors (Lipinski definition) is 2. The fourth-order valence-corrected chi connectivity index (χ4v) is 3.12. The lowest BCUT2D eigenvalue weighted by Crippen LogP contribution is -2.50. The Hall–Kier alpha value is -3.06. The number of methoxy groups -OCH3 is 1. The third kappa shape index (κ3) is 5.23. The zero-order valence-electron chi connectivity index (χ0n) is 16.1. The van der Waals surface area contributed by atoms with Gasteiger partial charge in [-0.15, -0.1) is 0 Å². The molecule has 0 spiro atoms. The summed E-state index contributed by atoms with van der Waals surface area (Å²) in [6, 6.07) is 17.0. The van der Waals surface area contributed by atoms with Crippen LogP contribution in [0.5, 0.6) is 0 Å². The summed E-state index contributed by atoms with van der Waals surface area (Å²) in [7, 11) is 1.59. The molecular formula is C21H26N4O3. The number of para-hydroxylation sites is 1. The summed E-state index contributed by atoms with van der Waals surface area (Å²) in [6.45, 7) is 3.78. The van der Waals surface area contributed by atoms with E-state index in [0.29, 0.717) is 37.5 Å². The molecule has 1 saturated heterocycles. The SMILES string of the molecule is COCCNC(=O)c1cccc(NC(=O)N2CCN(c3ccccc3)CC2)c1. The second kappa shape index (κ2) is 9.75. The van der Waals surface area contributed by atoms with Gasteiger partial charge in [0, 0.05) is 56.8 Å². The van der Waals surface area contributed by atoms with E-state index in [0.717, 1.165) is 13.1 Å². The minimum absolute atomic E-state index is 0.148. The Morgan fingerprint density at radius 3 is 2.46 bits per heavy atom. The van der Waals surface area contributed by atoms with Crippen molar-refractivity contribution in [1.29, 1.82) is 0 Å². The summed E-state index contributed by atoms with van der Waals surface area (Å²) in [5, 5.41) is 5.66. The number of hydrogen-bond acceptors (Lipinski definition) is 4. The Balaban J connectivity index is 1.52. The van der Waals surface area contributed by atoms with Gasteiger partial charge in [-0.25, -0.2) is 4.79 Å². The van der Waals surface area contributed by atoms with E-state index in [1.54, 1.807) is 36.3 Å². The van der Waals surface area contributed by atoms with E-state index in [-0.39, 0.29) is 11.9 Å². The van der Waals surface area contributed by atoms with Crippen LogP contribution in [-0.4, -0.2) is 63.3 Å². The lowest BCUT2D eigenvalue weighted by Gasteiger charge is -2.36. The highest BCUT2D eigenvalue weighted by Crippen LogP contribution is 2.17. The van der Waals surface area contributed by atoms with Crippen LogP contribution >= 0.6 is 0 Å². The predicted molar refractivity (Wildman–Crippen MR) is 110 cm³/mol. The maximum Gasteiger partial charge on any atom is 0.321 e. The quantitative estimate of drug-likeness (QED) is 0.753. The van der Waals surface area contributed by atoms with Crippen molar-refractivity contribution in [1.82, 2.24) is 10.2 Å². The van der Waals surface area contributed by atoms with Crippen LogP contribution < -0.4 is 15.5 Å². The van der Waals surface area contributed by atoms with Gasteiger partial charge in [0.25, 0.3) is 5.91 Å². The van der Waals surface area contributed by atoms with Crippen LogP contribution in [0.4, 0.5) is 16.2 Å². The Kier molecular flexibility index (Phi) is 6.86. The topological polar surface area (TPSA) is 73.9 Å². The predicted octanol–water partition coefficient (Wildman–Crippen LogP) is 2.42. The van der Waals surface area contributed by atoms with E-state index in [1.807, 2.05) is 18.2 Å². The van der Waals surface area contributed by atoms with Gasteiger partial charge in [-0.3, -0.25) is 4.79 Å². The summed E-state index contributed by atoms with van der Waals surface area (Å²) in [5.74, 6) is -0.190. The largest absolute Gasteiger partial charge is 0.383 e. The molecule has 148 valence electrons. The maximum absolute atomic E-state index is 12.6. The molecule has 3 rings (SSSR count). The Morgan fingerprint density at radius 1 is 1.00 bits per heavy atom. The van der Waals surface area contributed by atoms with Gasteiger partial charge >= 0.3 is 6.03 Å². The number of rotatable bonds is 6. The van der Waals surface area contributed by atoms with E-state index >= 15 is 0 Å². The maximum atomic E-state index is 12.6. The van der Waals surface area contributed by atoms with E-state index in [9.17, 15) is 9.59 Å². The summed E-state index contributed by atoms with van der Waals surface area (Å²) in [5.41, 5.74) is 2.28. The number of benzene rings is 2. The molecule has 2 aromatic rings. The number of carbonyl (C=O) groups is 2. The number of nitrogens with one attached hydrogen (secondary N) is 2. The van der Waals surface area contributed by atoms with Crippen LogP contribution in [0, 0.1) is 0 Å². The third-order valence-corrected chi connectivity index (χ3v) is 4.66. The Morgan fingerprint density at radius 2 is 1.75 bits per heavy atom. The van der Waals surface area contributed by atoms with Crippen LogP contribution in [0.2, 0.25) is 0 Å². The fraction of sp³-hybridized carbons (Fsp3) is 0.333. The molecule has 1 aliphatic heterocycles. The molecule has 28 heavy (non-hydrogen) atoms. The van der Waals surface area contributed by atoms with Crippen molar-refractivity contribution < 1.29 is 14.3 Å². The van der Waals surface area contributed by atoms with Crippen LogP contribution in [0.3, 0.4) is 0 Å². The molecule has 7 heteroatoms. The molecule has 0 saturated carbocycles. The minimum atomic E-state index is -0.190. The molecule has 0 aliphatic carbocycles. The lowest BCUT2D eigenvalue weighted by molar-refractivity contribution is 0.0937. The Labute approximate surface area is 165 Å². The fourth-order valence-electron chi connectivity index (χ4n) is 3.12. The number of ether oxygens (including phenoxy) is 1. The molecule has 0 bridgehead atoms. The number of nitrogens with zero attached hydrogens (tertiary/aromatic N) is 2. The van der Waals surface area contributed by atoms with Gasteiger partial charge in [0.05, 0.1) is 6.61 Å². The van der Waals surface area contributed by atoms with Gasteiger partial charge < -0.3 is 25.2 Å². The third-order valence-electron chi connectivity index (χ3n) is 4.66. The summed E-state index contributed by atoms with van der Waals surface area (Å²) < 4.78 is 4.93. The van der Waals surface area contributed by atoms with E-state index in [4.69, 9.17) is 4.74 Å². The molecule has 2 N–H and O–H groups in total. The van der Waals surface area contributed by atoms with Crippen molar-refractivity contribution in [2.24, 2.45) is 0 Å². The first-order valence-electron chi connectivity index (χ1n) is 9.40. The average molecular weight is 382 g/mol. The minimum Gasteiger partial charge on any atom is -0.383 e. The molecule has 2 aromatic carbocycles. The monoisotopic (exact) mass is 382 g/mol. The highest BCUT2D eigenvalue weighted by atomic mass is 16.5. The number of urea groups is 1. The van der Waals surface area contributed by atoms with E-state index in [1.165, 1.54) is 5.69 Å². The van der Waals surface area contributed by atoms with Gasteiger partial charge in [0.1, 0.15) is 0 Å². The van der Waals surface area contributed by atoms with Crippen LogP contribution in [0.15, 0.2) is 54.6 Å². The molecule has 1 heterocycles. The zero-order chi connectivity index (χ0) is 19.8. The van der Waals surface area contributed by atoms with Gasteiger partial charge in [0.15, 0.2) is 0 Å². The lowest BCUT2D eigenvalue weighted by atomic mass is 10.2. The van der Waals surface area contributed by atoms with E-state index in [2.05, 4.69) is 27.7 Å². The first kappa shape index (κ1) is 19.7. The van der Waals surface area contributed by atoms with Gasteiger partial charge in [-0.1, -0.05) is 24.3 Å². The summed E-state index contributed by atoms with van der Waals surface area (Å²) in [6.07, 6.45) is 0. The first-order chi connectivity index (χ1) is 13.7. The van der Waals surface area contributed by atoms with Crippen molar-refractivity contribution in [3.8, 4) is 0 Å². The summed E-state index contributed by atoms with van der Waals surface area (Å²) >= 11 is 0. The van der Waals surface area contributed by atoms with Crippen molar-refractivity contribution in [3.63, 3.8) is 0 Å². The number of carbonyl (C=O) groups excluding carboxylic acids is 2. The van der Waals surface area contributed by atoms with Crippen molar-refractivity contribution in [2.45, 2.75) is 0 Å². The second-order valence-electron chi connectivity index (χ2n) is 6.57. The zero-order valence-corrected chi connectivity index (χ0v) is 16.1. The van der Waals surface area contributed by atoms with Gasteiger partial charge in [-0.05, 0) is 30.3 Å². The first-order valence-corrected chi connectivity index (χ1v) is 9.40. The van der Waals surface area contributed by atoms with Gasteiger partial charge in [-0.2, -0.15) is 0 Å². The standard InChI is InChI=1S/C21H26N4O3/c1-28-15-10-22-20(26)17-6-5-7-18(16-17)23-21(27)25-13-11-24(12-14-25)19-8-3-2-4-9-19/h2-9,16H,10-15H2,1H3,(H,22,26)(H,23,27). The number of anilines is 2. The molecule has 3 amide bonds. The molecule has 1 fully saturated rings. The van der Waals surface area contributed by atoms with Crippen LogP contribution in [0.25, 0.3) is 0 Å². The highest BCUT2D eigenvalue weighted by Gasteiger charge is 2.21. The molecule has 7 nitrogen and oxygen atoms in total. The highest BCUT2D eigenvalue weighted by molar-refractivity contribution is 5.96.